The highest BCUT2D eigenvalue weighted by Gasteiger charge is 2.34. The van der Waals surface area contributed by atoms with Gasteiger partial charge in [-0.3, -0.25) is 9.59 Å². The fourth-order valence-corrected chi connectivity index (χ4v) is 5.87. The summed E-state index contributed by atoms with van der Waals surface area (Å²) in [6.07, 6.45) is 19.6. The summed E-state index contributed by atoms with van der Waals surface area (Å²) < 4.78 is 0. The minimum atomic E-state index is -0.407. The van der Waals surface area contributed by atoms with Crippen LogP contribution >= 0.6 is 0 Å². The Morgan fingerprint density at radius 1 is 1.21 bits per heavy atom. The fourth-order valence-electron chi connectivity index (χ4n) is 5.87. The van der Waals surface area contributed by atoms with Gasteiger partial charge in [-0.25, -0.2) is 15.0 Å². The van der Waals surface area contributed by atoms with Crippen molar-refractivity contribution in [3.63, 3.8) is 0 Å². The Hall–Kier alpha value is -4.31. The number of aromatic amines is 1. The largest absolute Gasteiger partial charge is 0.364 e. The van der Waals surface area contributed by atoms with Gasteiger partial charge in [-0.1, -0.05) is 25.2 Å². The summed E-state index contributed by atoms with van der Waals surface area (Å²) in [5.74, 6) is 0.139. The highest BCUT2D eigenvalue weighted by atomic mass is 16.2. The molecule has 2 amide bonds. The molecule has 0 aliphatic heterocycles. The number of pyridine rings is 1. The number of rotatable bonds is 10. The van der Waals surface area contributed by atoms with Crippen LogP contribution in [0.25, 0.3) is 17.3 Å². The second-order valence-electron chi connectivity index (χ2n) is 12.0. The van der Waals surface area contributed by atoms with Crippen molar-refractivity contribution in [2.24, 2.45) is 0 Å². The molecule has 3 aromatic heterocycles. The molecule has 0 bridgehead atoms. The number of amides is 2. The van der Waals surface area contributed by atoms with Crippen molar-refractivity contribution in [3.8, 4) is 11.3 Å². The molecular formula is C33H42N8O2. The van der Waals surface area contributed by atoms with E-state index in [1.807, 2.05) is 25.2 Å². The molecule has 43 heavy (non-hydrogen) atoms. The predicted octanol–water partition coefficient (Wildman–Crippen LogP) is 4.99. The second kappa shape index (κ2) is 13.3. The molecule has 3 aromatic rings. The van der Waals surface area contributed by atoms with Crippen LogP contribution in [-0.4, -0.2) is 68.9 Å². The second-order valence-corrected chi connectivity index (χ2v) is 12.0. The van der Waals surface area contributed by atoms with Gasteiger partial charge in [-0.2, -0.15) is 0 Å². The molecule has 2 aliphatic rings. The third kappa shape index (κ3) is 7.56. The Kier molecular flexibility index (Phi) is 9.35. The van der Waals surface area contributed by atoms with Crippen molar-refractivity contribution in [1.82, 2.24) is 30.2 Å². The van der Waals surface area contributed by atoms with E-state index in [-0.39, 0.29) is 17.9 Å². The minimum Gasteiger partial charge on any atom is -0.364 e. The van der Waals surface area contributed by atoms with Crippen LogP contribution in [0, 0.1) is 0 Å². The molecule has 1 saturated carbocycles. The Bertz CT molecular complexity index is 1510. The first kappa shape index (κ1) is 30.2. The van der Waals surface area contributed by atoms with Crippen LogP contribution in [0.3, 0.4) is 0 Å². The number of likely N-dealkylation sites (N-methyl/N-ethyl adjacent to an activating group) is 1. The SMILES string of the molecule is CCc1cnc(N[C@@H]2CCC[C@](C)(NC(=O)c3ccc(NC(=O)/C=C/CN(C)C)cn3)C2)nc1-c1c[nH]c2c1C=CCC2. The van der Waals surface area contributed by atoms with Gasteiger partial charge in [0.2, 0.25) is 11.9 Å². The van der Waals surface area contributed by atoms with Crippen LogP contribution in [0.5, 0.6) is 0 Å². The third-order valence-corrected chi connectivity index (χ3v) is 8.08. The maximum absolute atomic E-state index is 13.2. The van der Waals surface area contributed by atoms with E-state index in [1.165, 1.54) is 23.5 Å². The number of carbonyl (C=O) groups excluding carboxylic acids is 2. The Morgan fingerprint density at radius 3 is 2.84 bits per heavy atom. The van der Waals surface area contributed by atoms with Gasteiger partial charge in [-0.05, 0) is 83.7 Å². The van der Waals surface area contributed by atoms with Gasteiger partial charge in [0, 0.05) is 53.4 Å². The van der Waals surface area contributed by atoms with Gasteiger partial charge in [0.05, 0.1) is 17.6 Å². The number of aromatic nitrogens is 4. The lowest BCUT2D eigenvalue weighted by Gasteiger charge is -2.39. The highest BCUT2D eigenvalue weighted by Crippen LogP contribution is 2.33. The molecule has 226 valence electrons. The monoisotopic (exact) mass is 582 g/mol. The molecule has 10 nitrogen and oxygen atoms in total. The standard InChI is InChI=1S/C33H42N8O2/c1-5-22-19-36-32(39-30(22)26-21-35-27-12-7-6-11-25(26)27)38-23-10-8-16-33(2,18-23)40-31(43)28-15-14-24(20-34-28)37-29(42)13-9-17-41(3)4/h6,9,11,13-15,19-21,23,35H,5,7-8,10,12,16-18H2,1-4H3,(H,37,42)(H,40,43)(H,36,38,39)/b13-9+/t23-,33+/m1/s1. The predicted molar refractivity (Wildman–Crippen MR) is 171 cm³/mol. The lowest BCUT2D eigenvalue weighted by molar-refractivity contribution is -0.111. The number of hydrogen-bond donors (Lipinski definition) is 4. The van der Waals surface area contributed by atoms with Gasteiger partial charge >= 0.3 is 0 Å². The fraction of sp³-hybridized carbons (Fsp3) is 0.424. The number of hydrogen-bond acceptors (Lipinski definition) is 7. The molecule has 0 aromatic carbocycles. The van der Waals surface area contributed by atoms with E-state index in [9.17, 15) is 9.59 Å². The van der Waals surface area contributed by atoms with E-state index in [0.29, 0.717) is 23.9 Å². The van der Waals surface area contributed by atoms with Gasteiger partial charge in [0.25, 0.3) is 5.91 Å². The summed E-state index contributed by atoms with van der Waals surface area (Å²) >= 11 is 0. The molecule has 4 N–H and O–H groups in total. The lowest BCUT2D eigenvalue weighted by atomic mass is 9.80. The summed E-state index contributed by atoms with van der Waals surface area (Å²) in [7, 11) is 3.87. The molecule has 5 rings (SSSR count). The summed E-state index contributed by atoms with van der Waals surface area (Å²) in [6, 6.07) is 3.45. The number of carbonyl (C=O) groups is 2. The molecule has 3 heterocycles. The van der Waals surface area contributed by atoms with Gasteiger partial charge in [0.15, 0.2) is 0 Å². The third-order valence-electron chi connectivity index (χ3n) is 8.08. The maximum atomic E-state index is 13.2. The number of nitrogens with one attached hydrogen (secondary N) is 4. The number of fused-ring (bicyclic) bond motifs is 1. The summed E-state index contributed by atoms with van der Waals surface area (Å²) in [5.41, 5.74) is 6.12. The van der Waals surface area contributed by atoms with Crippen molar-refractivity contribution in [1.29, 1.82) is 0 Å². The molecule has 0 spiro atoms. The van der Waals surface area contributed by atoms with Crippen molar-refractivity contribution in [2.45, 2.75) is 70.4 Å². The van der Waals surface area contributed by atoms with Crippen LogP contribution in [0.2, 0.25) is 0 Å². The number of nitrogens with zero attached hydrogens (tertiary/aromatic N) is 4. The summed E-state index contributed by atoms with van der Waals surface area (Å²) in [4.78, 5) is 44.6. The normalized spacial score (nSPS) is 19.8. The van der Waals surface area contributed by atoms with E-state index in [0.717, 1.165) is 61.8 Å². The number of allylic oxidation sites excluding steroid dienone is 1. The summed E-state index contributed by atoms with van der Waals surface area (Å²) in [6.45, 7) is 4.88. The molecule has 0 unspecified atom stereocenters. The molecular weight excluding hydrogens is 540 g/mol. The molecule has 2 atom stereocenters. The van der Waals surface area contributed by atoms with Crippen LogP contribution < -0.4 is 16.0 Å². The first-order valence-electron chi connectivity index (χ1n) is 15.1. The van der Waals surface area contributed by atoms with Gasteiger partial charge < -0.3 is 25.8 Å². The van der Waals surface area contributed by atoms with E-state index in [2.05, 4.69) is 63.1 Å². The van der Waals surface area contributed by atoms with E-state index >= 15 is 0 Å². The molecule has 2 aliphatic carbocycles. The topological polar surface area (TPSA) is 128 Å². The number of aryl methyl sites for hydroxylation is 2. The van der Waals surface area contributed by atoms with Crippen LogP contribution in [0.15, 0.2) is 49.0 Å². The zero-order valence-electron chi connectivity index (χ0n) is 25.5. The van der Waals surface area contributed by atoms with Crippen LogP contribution in [0.4, 0.5) is 11.6 Å². The Balaban J connectivity index is 1.21. The first-order valence-corrected chi connectivity index (χ1v) is 15.1. The smallest absolute Gasteiger partial charge is 0.270 e. The van der Waals surface area contributed by atoms with Crippen molar-refractivity contribution in [3.05, 3.63) is 71.5 Å². The van der Waals surface area contributed by atoms with Crippen LogP contribution in [0.1, 0.15) is 73.3 Å². The average Bonchev–Trinajstić information content (AvgIpc) is 3.41. The Morgan fingerprint density at radius 2 is 2.07 bits per heavy atom. The van der Waals surface area contributed by atoms with E-state index in [1.54, 1.807) is 18.2 Å². The lowest BCUT2D eigenvalue weighted by Crippen LogP contribution is -2.51. The number of anilines is 2. The van der Waals surface area contributed by atoms with Gasteiger partial charge in [0.1, 0.15) is 5.69 Å². The van der Waals surface area contributed by atoms with Crippen molar-refractivity contribution < 1.29 is 9.59 Å². The van der Waals surface area contributed by atoms with E-state index in [4.69, 9.17) is 4.98 Å². The molecule has 1 fully saturated rings. The molecule has 0 saturated heterocycles. The first-order chi connectivity index (χ1) is 20.7. The zero-order chi connectivity index (χ0) is 30.4. The Labute approximate surface area is 253 Å². The highest BCUT2D eigenvalue weighted by molar-refractivity contribution is 5.99. The number of H-pyrrole nitrogens is 1. The summed E-state index contributed by atoms with van der Waals surface area (Å²) in [5, 5.41) is 9.55. The van der Waals surface area contributed by atoms with Gasteiger partial charge in [-0.15, -0.1) is 0 Å². The maximum Gasteiger partial charge on any atom is 0.270 e. The van der Waals surface area contributed by atoms with Crippen molar-refractivity contribution in [2.75, 3.05) is 31.3 Å². The quantitative estimate of drug-likeness (QED) is 0.248. The van der Waals surface area contributed by atoms with Crippen molar-refractivity contribution >= 4 is 29.5 Å². The average molecular weight is 583 g/mol. The van der Waals surface area contributed by atoms with Crippen LogP contribution in [-0.2, 0) is 17.6 Å². The molecule has 0 radical (unpaired) electrons. The minimum absolute atomic E-state index is 0.116. The zero-order valence-corrected chi connectivity index (χ0v) is 25.5. The molecule has 10 heteroatoms. The van der Waals surface area contributed by atoms with E-state index < -0.39 is 5.54 Å².